The number of hydrogen-bond donors (Lipinski definition) is 2. The van der Waals surface area contributed by atoms with Crippen LogP contribution in [0, 0.1) is 13.8 Å². The van der Waals surface area contributed by atoms with E-state index >= 15 is 0 Å². The highest BCUT2D eigenvalue weighted by Gasteiger charge is 2.39. The summed E-state index contributed by atoms with van der Waals surface area (Å²) >= 11 is 0. The number of hydrogen-bond acceptors (Lipinski definition) is 7. The van der Waals surface area contributed by atoms with Crippen LogP contribution >= 0.6 is 0 Å². The van der Waals surface area contributed by atoms with Crippen LogP contribution in [0.3, 0.4) is 0 Å². The molecule has 0 unspecified atom stereocenters. The number of fused-ring (bicyclic) bond motifs is 5. The summed E-state index contributed by atoms with van der Waals surface area (Å²) in [7, 11) is 4.03. The van der Waals surface area contributed by atoms with Gasteiger partial charge in [-0.3, -0.25) is 14.5 Å². The second kappa shape index (κ2) is 8.55. The molecule has 0 amide bonds. The average Bonchev–Trinajstić information content (AvgIpc) is 3.11. The van der Waals surface area contributed by atoms with Crippen molar-refractivity contribution in [2.45, 2.75) is 58.9 Å². The van der Waals surface area contributed by atoms with Gasteiger partial charge in [0, 0.05) is 24.2 Å². The molecule has 184 valence electrons. The van der Waals surface area contributed by atoms with E-state index in [9.17, 15) is 14.7 Å². The number of nitrogens with zero attached hydrogens (tertiary/aromatic N) is 3. The van der Waals surface area contributed by atoms with E-state index in [1.807, 2.05) is 27.1 Å². The van der Waals surface area contributed by atoms with Gasteiger partial charge >= 0.3 is 5.97 Å². The first-order chi connectivity index (χ1) is 16.6. The topological polar surface area (TPSA) is 96.7 Å². The molecule has 0 fully saturated rings. The quantitative estimate of drug-likeness (QED) is 0.338. The van der Waals surface area contributed by atoms with Crippen LogP contribution in [0.4, 0.5) is 0 Å². The summed E-state index contributed by atoms with van der Waals surface area (Å²) < 4.78 is 7.00. The van der Waals surface area contributed by atoms with E-state index in [1.165, 1.54) is 5.56 Å². The van der Waals surface area contributed by atoms with E-state index in [2.05, 4.69) is 36.2 Å². The number of pyridine rings is 2. The minimum atomic E-state index is -1.44. The highest BCUT2D eigenvalue weighted by atomic mass is 16.5. The lowest BCUT2D eigenvalue weighted by atomic mass is 9.85. The predicted octanol–water partition coefficient (Wildman–Crippen LogP) is 2.70. The first kappa shape index (κ1) is 23.7. The van der Waals surface area contributed by atoms with E-state index in [0.29, 0.717) is 36.3 Å². The number of aryl methyl sites for hydroxylation is 2. The molecule has 8 heteroatoms. The van der Waals surface area contributed by atoms with Crippen molar-refractivity contribution in [1.82, 2.24) is 19.8 Å². The number of aliphatic hydroxyl groups is 1. The molecule has 0 spiro atoms. The molecule has 0 bridgehead atoms. The smallest absolute Gasteiger partial charge is 0.309 e. The van der Waals surface area contributed by atoms with Crippen molar-refractivity contribution < 1.29 is 14.6 Å². The highest BCUT2D eigenvalue weighted by Crippen LogP contribution is 2.40. The number of ether oxygens (including phenoxy) is 1. The van der Waals surface area contributed by atoms with Crippen molar-refractivity contribution >= 4 is 16.9 Å². The van der Waals surface area contributed by atoms with Gasteiger partial charge in [-0.05, 0) is 74.8 Å². The second-order valence-corrected chi connectivity index (χ2v) is 10.1. The lowest BCUT2D eigenvalue weighted by molar-refractivity contribution is -0.149. The molecule has 2 aliphatic rings. The van der Waals surface area contributed by atoms with Gasteiger partial charge in [0.2, 0.25) is 0 Å². The first-order valence-corrected chi connectivity index (χ1v) is 12.1. The molecule has 4 heterocycles. The molecule has 1 atom stereocenters. The predicted molar refractivity (Wildman–Crippen MR) is 134 cm³/mol. The van der Waals surface area contributed by atoms with E-state index in [-0.39, 0.29) is 18.6 Å². The van der Waals surface area contributed by atoms with E-state index in [1.54, 1.807) is 4.57 Å². The molecule has 0 radical (unpaired) electrons. The van der Waals surface area contributed by atoms with Crippen molar-refractivity contribution in [1.29, 1.82) is 0 Å². The second-order valence-electron chi connectivity index (χ2n) is 10.1. The van der Waals surface area contributed by atoms with Crippen molar-refractivity contribution in [3.63, 3.8) is 0 Å². The first-order valence-electron chi connectivity index (χ1n) is 12.1. The third-order valence-corrected chi connectivity index (χ3v) is 7.41. The highest BCUT2D eigenvalue weighted by molar-refractivity contribution is 5.89. The van der Waals surface area contributed by atoms with E-state index in [0.717, 1.165) is 40.0 Å². The standard InChI is InChI=1S/C27H32N4O4/c1-6-27(34)10-24(32)35-13-20-21(27)9-23-25-19(12-31(23)26(20)33)18(11-28-14-30(4)5)17-7-15(2)16(3)8-22(17)29-25/h7-9,28,34H,6,10-14H2,1-5H3/t27-/m1/s1. The molecule has 0 aliphatic carbocycles. The van der Waals surface area contributed by atoms with Crippen molar-refractivity contribution in [3.05, 3.63) is 61.9 Å². The summed E-state index contributed by atoms with van der Waals surface area (Å²) in [6.07, 6.45) is 0.129. The summed E-state index contributed by atoms with van der Waals surface area (Å²) in [5, 5.41) is 15.9. The number of nitrogens with one attached hydrogen (secondary N) is 1. The fourth-order valence-corrected chi connectivity index (χ4v) is 5.23. The van der Waals surface area contributed by atoms with Gasteiger partial charge in [-0.15, -0.1) is 0 Å². The number of aromatic nitrogens is 2. The monoisotopic (exact) mass is 476 g/mol. The fraction of sp³-hybridized carbons (Fsp3) is 0.444. The van der Waals surface area contributed by atoms with Crippen molar-refractivity contribution in [2.24, 2.45) is 0 Å². The third-order valence-electron chi connectivity index (χ3n) is 7.41. The number of esters is 1. The van der Waals surface area contributed by atoms with E-state index < -0.39 is 11.6 Å². The Balaban J connectivity index is 1.75. The number of carbonyl (C=O) groups excluding carboxylic acids is 1. The molecule has 0 saturated heterocycles. The van der Waals surface area contributed by atoms with Crippen LogP contribution in [-0.4, -0.2) is 46.3 Å². The molecule has 2 N–H and O–H groups in total. The molecule has 8 nitrogen and oxygen atoms in total. The van der Waals surface area contributed by atoms with Gasteiger partial charge in [-0.2, -0.15) is 0 Å². The fourth-order valence-electron chi connectivity index (χ4n) is 5.23. The Hall–Kier alpha value is -3.07. The maximum Gasteiger partial charge on any atom is 0.309 e. The Labute approximate surface area is 204 Å². The number of cyclic esters (lactones) is 1. The summed E-state index contributed by atoms with van der Waals surface area (Å²) in [6, 6.07) is 6.13. The SMILES string of the molecule is CC[C@@]1(O)CC(=O)OCc2c1cc1n(c2=O)Cc2c-1nc1cc(C)c(C)cc1c2CNCN(C)C. The van der Waals surface area contributed by atoms with Crippen LogP contribution in [0.15, 0.2) is 23.0 Å². The lowest BCUT2D eigenvalue weighted by Gasteiger charge is -2.26. The lowest BCUT2D eigenvalue weighted by Crippen LogP contribution is -2.32. The third kappa shape index (κ3) is 3.86. The molecule has 0 saturated carbocycles. The maximum absolute atomic E-state index is 13.7. The summed E-state index contributed by atoms with van der Waals surface area (Å²) in [6.45, 7) is 7.61. The number of carbonyl (C=O) groups is 1. The van der Waals surface area contributed by atoms with Crippen LogP contribution in [0.2, 0.25) is 0 Å². The molecular formula is C27H32N4O4. The summed E-state index contributed by atoms with van der Waals surface area (Å²) in [5.41, 5.74) is 5.97. The largest absolute Gasteiger partial charge is 0.460 e. The Bertz CT molecular complexity index is 1430. The Morgan fingerprint density at radius 2 is 1.91 bits per heavy atom. The number of benzene rings is 1. The van der Waals surface area contributed by atoms with Crippen molar-refractivity contribution in [3.8, 4) is 11.4 Å². The molecule has 2 aromatic heterocycles. The molecular weight excluding hydrogens is 444 g/mol. The van der Waals surface area contributed by atoms with Crippen LogP contribution < -0.4 is 10.9 Å². The zero-order valence-corrected chi connectivity index (χ0v) is 21.0. The van der Waals surface area contributed by atoms with Gasteiger partial charge in [0.15, 0.2) is 0 Å². The minimum Gasteiger partial charge on any atom is -0.460 e. The molecule has 5 rings (SSSR count). The van der Waals surface area contributed by atoms with E-state index in [4.69, 9.17) is 9.72 Å². The zero-order valence-electron chi connectivity index (χ0n) is 21.0. The van der Waals surface area contributed by atoms with Gasteiger partial charge in [-0.1, -0.05) is 6.92 Å². The molecule has 1 aromatic carbocycles. The molecule has 3 aromatic rings. The Morgan fingerprint density at radius 3 is 2.63 bits per heavy atom. The van der Waals surface area contributed by atoms with Gasteiger partial charge in [0.1, 0.15) is 12.2 Å². The zero-order chi connectivity index (χ0) is 25.1. The Kier molecular flexibility index (Phi) is 5.78. The maximum atomic E-state index is 13.7. The van der Waals surface area contributed by atoms with Crippen LogP contribution in [-0.2, 0) is 34.8 Å². The van der Waals surface area contributed by atoms with Crippen LogP contribution in [0.5, 0.6) is 0 Å². The van der Waals surface area contributed by atoms with Crippen LogP contribution in [0.25, 0.3) is 22.3 Å². The number of rotatable bonds is 5. The normalized spacial score (nSPS) is 18.9. The van der Waals surface area contributed by atoms with Crippen LogP contribution in [0.1, 0.15) is 53.1 Å². The van der Waals surface area contributed by atoms with Crippen molar-refractivity contribution in [2.75, 3.05) is 20.8 Å². The summed E-state index contributed by atoms with van der Waals surface area (Å²) in [5.74, 6) is -0.500. The van der Waals surface area contributed by atoms with Gasteiger partial charge in [0.05, 0.1) is 35.4 Å². The molecule has 35 heavy (non-hydrogen) atoms. The van der Waals surface area contributed by atoms with Gasteiger partial charge in [-0.25, -0.2) is 4.98 Å². The summed E-state index contributed by atoms with van der Waals surface area (Å²) in [4.78, 5) is 32.9. The minimum absolute atomic E-state index is 0.128. The Morgan fingerprint density at radius 1 is 1.17 bits per heavy atom. The van der Waals surface area contributed by atoms with Gasteiger partial charge in [0.25, 0.3) is 5.56 Å². The average molecular weight is 477 g/mol. The van der Waals surface area contributed by atoms with Gasteiger partial charge < -0.3 is 19.7 Å². The molecule has 2 aliphatic heterocycles.